The highest BCUT2D eigenvalue weighted by Crippen LogP contribution is 2.26. The highest BCUT2D eigenvalue weighted by atomic mass is 19.3. The Labute approximate surface area is 130 Å². The maximum atomic E-state index is 13.4. The van der Waals surface area contributed by atoms with Crippen molar-refractivity contribution in [1.82, 2.24) is 25.2 Å². The summed E-state index contributed by atoms with van der Waals surface area (Å²) in [5, 5.41) is 9.74. The summed E-state index contributed by atoms with van der Waals surface area (Å²) in [6.45, 7) is 0.940. The van der Waals surface area contributed by atoms with Crippen molar-refractivity contribution in [2.45, 2.75) is 19.3 Å². The Kier molecular flexibility index (Phi) is 3.85. The van der Waals surface area contributed by atoms with E-state index in [1.807, 2.05) is 0 Å². The number of hydrogen-bond donors (Lipinski definition) is 2. The first-order valence-electron chi connectivity index (χ1n) is 7.07. The Morgan fingerprint density at radius 3 is 3.04 bits per heavy atom. The number of alkyl halides is 2. The van der Waals surface area contributed by atoms with Gasteiger partial charge in [0, 0.05) is 31.1 Å². The summed E-state index contributed by atoms with van der Waals surface area (Å²) in [5.74, 6) is -3.09. The van der Waals surface area contributed by atoms with Crippen molar-refractivity contribution in [2.24, 2.45) is 0 Å². The lowest BCUT2D eigenvalue weighted by atomic mass is 10.1. The minimum atomic E-state index is -2.93. The number of nitrogens with zero attached hydrogens (tertiary/aromatic N) is 3. The molecule has 0 saturated carbocycles. The first-order chi connectivity index (χ1) is 11.0. The molecule has 1 aliphatic rings. The number of fused-ring (bicyclic) bond motifs is 1. The zero-order chi connectivity index (χ0) is 16.4. The molecule has 0 bridgehead atoms. The molecule has 0 atom stereocenters. The van der Waals surface area contributed by atoms with Gasteiger partial charge in [0.05, 0.1) is 12.2 Å². The van der Waals surface area contributed by atoms with Gasteiger partial charge in [-0.15, -0.1) is 0 Å². The van der Waals surface area contributed by atoms with E-state index in [0.717, 1.165) is 0 Å². The van der Waals surface area contributed by atoms with Crippen molar-refractivity contribution in [3.8, 4) is 5.75 Å². The van der Waals surface area contributed by atoms with Crippen LogP contribution in [0.1, 0.15) is 19.0 Å². The van der Waals surface area contributed by atoms with Crippen LogP contribution in [0.4, 0.5) is 8.78 Å². The number of carbonyl (C=O) groups is 1. The topological polar surface area (TPSA) is 80.5 Å². The standard InChI is InChI=1S/C14H15F2N5O2/c1-2-14(15,16)7-23-11-5-10(9-6-17-8-19-13(9)22)20-21-4-3-18-12(11)21/h3-6,17H,2,7-8H2,1H3,(H,19,22). The van der Waals surface area contributed by atoms with Crippen LogP contribution in [0.15, 0.2) is 24.7 Å². The van der Waals surface area contributed by atoms with Crippen molar-refractivity contribution in [3.05, 3.63) is 30.4 Å². The lowest BCUT2D eigenvalue weighted by molar-refractivity contribution is -0.116. The molecule has 122 valence electrons. The maximum Gasteiger partial charge on any atom is 0.281 e. The molecule has 0 aliphatic carbocycles. The van der Waals surface area contributed by atoms with Crippen LogP contribution in [-0.4, -0.2) is 39.7 Å². The van der Waals surface area contributed by atoms with Gasteiger partial charge in [-0.25, -0.2) is 18.3 Å². The number of carbonyl (C=O) groups excluding carboxylic acids is 1. The monoisotopic (exact) mass is 323 g/mol. The quantitative estimate of drug-likeness (QED) is 0.863. The second-order valence-corrected chi connectivity index (χ2v) is 5.03. The second kappa shape index (κ2) is 5.82. The molecule has 2 N–H and O–H groups in total. The number of rotatable bonds is 5. The first-order valence-corrected chi connectivity index (χ1v) is 7.07. The largest absolute Gasteiger partial charge is 0.483 e. The molecule has 9 heteroatoms. The summed E-state index contributed by atoms with van der Waals surface area (Å²) in [4.78, 5) is 15.9. The molecular weight excluding hydrogens is 308 g/mol. The van der Waals surface area contributed by atoms with Crippen molar-refractivity contribution >= 4 is 17.1 Å². The van der Waals surface area contributed by atoms with Gasteiger partial charge in [0.2, 0.25) is 0 Å². The molecule has 0 spiro atoms. The molecule has 23 heavy (non-hydrogen) atoms. The van der Waals surface area contributed by atoms with Gasteiger partial charge in [-0.1, -0.05) is 6.92 Å². The molecule has 3 rings (SSSR count). The normalized spacial score (nSPS) is 15.1. The third-order valence-corrected chi connectivity index (χ3v) is 3.40. The van der Waals surface area contributed by atoms with E-state index in [-0.39, 0.29) is 18.1 Å². The summed E-state index contributed by atoms with van der Waals surface area (Å²) < 4.78 is 33.5. The Morgan fingerprint density at radius 2 is 2.30 bits per heavy atom. The zero-order valence-corrected chi connectivity index (χ0v) is 12.3. The summed E-state index contributed by atoms with van der Waals surface area (Å²) >= 11 is 0. The van der Waals surface area contributed by atoms with Crippen molar-refractivity contribution < 1.29 is 18.3 Å². The van der Waals surface area contributed by atoms with Crippen LogP contribution in [0.2, 0.25) is 0 Å². The maximum absolute atomic E-state index is 13.4. The number of aromatic nitrogens is 3. The Bertz CT molecular complexity index is 772. The fourth-order valence-electron chi connectivity index (χ4n) is 2.05. The van der Waals surface area contributed by atoms with Crippen LogP contribution in [-0.2, 0) is 4.79 Å². The first kappa shape index (κ1) is 15.2. The van der Waals surface area contributed by atoms with E-state index in [0.29, 0.717) is 23.6 Å². The van der Waals surface area contributed by atoms with Gasteiger partial charge in [-0.2, -0.15) is 5.10 Å². The molecule has 1 amide bonds. The van der Waals surface area contributed by atoms with Crippen LogP contribution < -0.4 is 15.4 Å². The lowest BCUT2D eigenvalue weighted by Gasteiger charge is -2.17. The molecule has 7 nitrogen and oxygen atoms in total. The van der Waals surface area contributed by atoms with Crippen molar-refractivity contribution in [1.29, 1.82) is 0 Å². The van der Waals surface area contributed by atoms with E-state index in [1.165, 1.54) is 29.9 Å². The fraction of sp³-hybridized carbons (Fsp3) is 0.357. The van der Waals surface area contributed by atoms with Crippen LogP contribution in [0, 0.1) is 0 Å². The van der Waals surface area contributed by atoms with Gasteiger partial charge >= 0.3 is 0 Å². The van der Waals surface area contributed by atoms with Crippen LogP contribution >= 0.6 is 0 Å². The molecule has 2 aromatic rings. The summed E-state index contributed by atoms with van der Waals surface area (Å²) in [6, 6.07) is 1.44. The highest BCUT2D eigenvalue weighted by Gasteiger charge is 2.28. The van der Waals surface area contributed by atoms with Crippen molar-refractivity contribution in [3.63, 3.8) is 0 Å². The number of ether oxygens (including phenoxy) is 1. The van der Waals surface area contributed by atoms with Gasteiger partial charge in [-0.3, -0.25) is 4.79 Å². The van der Waals surface area contributed by atoms with Gasteiger partial charge in [-0.05, 0) is 0 Å². The fourth-order valence-corrected chi connectivity index (χ4v) is 2.05. The third kappa shape index (κ3) is 3.08. The molecule has 0 unspecified atom stereocenters. The smallest absolute Gasteiger partial charge is 0.281 e. The summed E-state index contributed by atoms with van der Waals surface area (Å²) in [5.41, 5.74) is 0.902. The van der Waals surface area contributed by atoms with Crippen LogP contribution in [0.25, 0.3) is 11.2 Å². The predicted octanol–water partition coefficient (Wildman–Crippen LogP) is 1.17. The van der Waals surface area contributed by atoms with E-state index >= 15 is 0 Å². The number of nitrogens with one attached hydrogen (secondary N) is 2. The third-order valence-electron chi connectivity index (χ3n) is 3.40. The van der Waals surface area contributed by atoms with Crippen LogP contribution in [0.3, 0.4) is 0 Å². The molecule has 2 aromatic heterocycles. The molecule has 0 aromatic carbocycles. The van der Waals surface area contributed by atoms with Gasteiger partial charge in [0.15, 0.2) is 18.0 Å². The van der Waals surface area contributed by atoms with Gasteiger partial charge < -0.3 is 15.4 Å². The molecule has 3 heterocycles. The highest BCUT2D eigenvalue weighted by molar-refractivity contribution is 6.19. The molecule has 1 aliphatic heterocycles. The SMILES string of the molecule is CCC(F)(F)COc1cc(C2=CNCNC2=O)nn2ccnc12. The minimum Gasteiger partial charge on any atom is -0.483 e. The van der Waals surface area contributed by atoms with Gasteiger partial charge in [0.25, 0.3) is 11.8 Å². The zero-order valence-electron chi connectivity index (χ0n) is 12.3. The second-order valence-electron chi connectivity index (χ2n) is 5.03. The van der Waals surface area contributed by atoms with Gasteiger partial charge in [0.1, 0.15) is 5.69 Å². The number of halogens is 2. The van der Waals surface area contributed by atoms with Crippen molar-refractivity contribution in [2.75, 3.05) is 13.3 Å². The summed E-state index contributed by atoms with van der Waals surface area (Å²) in [6.07, 6.45) is 4.23. The average molecular weight is 323 g/mol. The average Bonchev–Trinajstić information content (AvgIpc) is 3.01. The van der Waals surface area contributed by atoms with E-state index in [4.69, 9.17) is 4.74 Å². The number of hydrogen-bond acceptors (Lipinski definition) is 5. The molecule has 0 saturated heterocycles. The Hall–Kier alpha value is -2.71. The Morgan fingerprint density at radius 1 is 1.48 bits per heavy atom. The van der Waals surface area contributed by atoms with E-state index < -0.39 is 12.5 Å². The molecule has 0 radical (unpaired) electrons. The summed E-state index contributed by atoms with van der Waals surface area (Å²) in [7, 11) is 0. The van der Waals surface area contributed by atoms with E-state index in [1.54, 1.807) is 6.20 Å². The molecule has 0 fully saturated rings. The van der Waals surface area contributed by atoms with E-state index in [2.05, 4.69) is 20.7 Å². The predicted molar refractivity (Wildman–Crippen MR) is 77.8 cm³/mol. The number of imidazole rings is 1. The van der Waals surface area contributed by atoms with E-state index in [9.17, 15) is 13.6 Å². The van der Waals surface area contributed by atoms with Crippen LogP contribution in [0.5, 0.6) is 5.75 Å². The molecular formula is C14H15F2N5O2. The minimum absolute atomic E-state index is 0.146. The lowest BCUT2D eigenvalue weighted by Crippen LogP contribution is -2.37. The number of amides is 1. The Balaban J connectivity index is 1.98.